The van der Waals surface area contributed by atoms with Crippen molar-refractivity contribution in [2.45, 2.75) is 20.3 Å². The molecule has 0 saturated heterocycles. The number of ether oxygens (including phenoxy) is 2. The lowest BCUT2D eigenvalue weighted by Gasteiger charge is -2.06. The summed E-state index contributed by atoms with van der Waals surface area (Å²) in [5.74, 6) is 0.477. The summed E-state index contributed by atoms with van der Waals surface area (Å²) < 4.78 is 10.4. The first-order chi connectivity index (χ1) is 8.22. The molecule has 0 aliphatic rings. The fraction of sp³-hybridized carbons (Fsp3) is 0.357. The summed E-state index contributed by atoms with van der Waals surface area (Å²) >= 11 is 0. The zero-order valence-corrected chi connectivity index (χ0v) is 10.3. The van der Waals surface area contributed by atoms with Crippen LogP contribution in [0.15, 0.2) is 42.0 Å². The monoisotopic (exact) mass is 234 g/mol. The Morgan fingerprint density at radius 3 is 2.59 bits per heavy atom. The molecule has 17 heavy (non-hydrogen) atoms. The van der Waals surface area contributed by atoms with E-state index in [1.165, 1.54) is 6.08 Å². The first-order valence-electron chi connectivity index (χ1n) is 5.74. The SMILES string of the molecule is CC/C(C)=C/C(=O)OCCOc1ccccc1. The Balaban J connectivity index is 2.19. The van der Waals surface area contributed by atoms with E-state index in [2.05, 4.69) is 0 Å². The molecule has 0 fully saturated rings. The van der Waals surface area contributed by atoms with Crippen LogP contribution in [0, 0.1) is 0 Å². The van der Waals surface area contributed by atoms with E-state index >= 15 is 0 Å². The number of hydrogen-bond acceptors (Lipinski definition) is 3. The van der Waals surface area contributed by atoms with Gasteiger partial charge in [0.2, 0.25) is 0 Å². The Bertz CT molecular complexity index is 368. The van der Waals surface area contributed by atoms with Gasteiger partial charge in [-0.3, -0.25) is 0 Å². The van der Waals surface area contributed by atoms with Crippen molar-refractivity contribution >= 4 is 5.97 Å². The predicted octanol–water partition coefficient (Wildman–Crippen LogP) is 2.96. The second-order valence-corrected chi connectivity index (χ2v) is 3.67. The summed E-state index contributed by atoms with van der Waals surface area (Å²) in [4.78, 5) is 11.3. The molecule has 0 N–H and O–H groups in total. The minimum Gasteiger partial charge on any atom is -0.490 e. The van der Waals surface area contributed by atoms with Crippen LogP contribution in [-0.2, 0) is 9.53 Å². The van der Waals surface area contributed by atoms with Gasteiger partial charge in [-0.2, -0.15) is 0 Å². The molecule has 0 unspecified atom stereocenters. The number of esters is 1. The number of para-hydroxylation sites is 1. The third kappa shape index (κ3) is 5.76. The average molecular weight is 234 g/mol. The molecule has 0 aliphatic carbocycles. The number of carbonyl (C=O) groups excluding carboxylic acids is 1. The van der Waals surface area contributed by atoms with Gasteiger partial charge in [0.05, 0.1) is 0 Å². The van der Waals surface area contributed by atoms with Crippen molar-refractivity contribution in [2.75, 3.05) is 13.2 Å². The van der Waals surface area contributed by atoms with Crippen LogP contribution in [0.4, 0.5) is 0 Å². The van der Waals surface area contributed by atoms with Crippen molar-refractivity contribution < 1.29 is 14.3 Å². The van der Waals surface area contributed by atoms with Gasteiger partial charge in [-0.15, -0.1) is 0 Å². The lowest BCUT2D eigenvalue weighted by atomic mass is 10.2. The minimum absolute atomic E-state index is 0.265. The molecule has 3 heteroatoms. The summed E-state index contributed by atoms with van der Waals surface area (Å²) in [6.07, 6.45) is 2.37. The summed E-state index contributed by atoms with van der Waals surface area (Å²) in [7, 11) is 0. The zero-order valence-electron chi connectivity index (χ0n) is 10.3. The lowest BCUT2D eigenvalue weighted by molar-refractivity contribution is -0.138. The zero-order chi connectivity index (χ0) is 12.5. The molecular formula is C14H18O3. The first kappa shape index (κ1) is 13.3. The molecule has 0 aliphatic heterocycles. The molecule has 0 bridgehead atoms. The van der Waals surface area contributed by atoms with Crippen molar-refractivity contribution in [1.29, 1.82) is 0 Å². The second kappa shape index (κ2) is 7.49. The third-order valence-corrected chi connectivity index (χ3v) is 2.26. The summed E-state index contributed by atoms with van der Waals surface area (Å²) in [5.41, 5.74) is 1.01. The van der Waals surface area contributed by atoms with Crippen LogP contribution in [0.2, 0.25) is 0 Å². The maximum Gasteiger partial charge on any atom is 0.330 e. The van der Waals surface area contributed by atoms with Crippen molar-refractivity contribution in [1.82, 2.24) is 0 Å². The van der Waals surface area contributed by atoms with E-state index < -0.39 is 0 Å². The van der Waals surface area contributed by atoms with E-state index in [4.69, 9.17) is 9.47 Å². The minimum atomic E-state index is -0.305. The quantitative estimate of drug-likeness (QED) is 0.431. The topological polar surface area (TPSA) is 35.5 Å². The van der Waals surface area contributed by atoms with E-state index in [0.29, 0.717) is 6.61 Å². The number of hydrogen-bond donors (Lipinski definition) is 0. The van der Waals surface area contributed by atoms with Crippen molar-refractivity contribution in [3.8, 4) is 5.75 Å². The van der Waals surface area contributed by atoms with Crippen molar-refractivity contribution in [3.05, 3.63) is 42.0 Å². The molecule has 0 saturated carbocycles. The molecular weight excluding hydrogens is 216 g/mol. The molecule has 0 atom stereocenters. The van der Waals surface area contributed by atoms with Crippen LogP contribution in [0.5, 0.6) is 5.75 Å². The Labute approximate surface area is 102 Å². The fourth-order valence-electron chi connectivity index (χ4n) is 1.16. The van der Waals surface area contributed by atoms with Gasteiger partial charge in [-0.1, -0.05) is 30.7 Å². The molecule has 0 amide bonds. The van der Waals surface area contributed by atoms with Crippen LogP contribution < -0.4 is 4.74 Å². The van der Waals surface area contributed by atoms with Crippen molar-refractivity contribution in [3.63, 3.8) is 0 Å². The highest BCUT2D eigenvalue weighted by molar-refractivity contribution is 5.82. The first-order valence-corrected chi connectivity index (χ1v) is 5.74. The molecule has 1 aromatic rings. The molecule has 1 aromatic carbocycles. The normalized spacial score (nSPS) is 11.1. The van der Waals surface area contributed by atoms with Gasteiger partial charge in [-0.25, -0.2) is 4.79 Å². The summed E-state index contributed by atoms with van der Waals surface area (Å²) in [6, 6.07) is 9.44. The maximum atomic E-state index is 11.3. The van der Waals surface area contributed by atoms with E-state index in [0.717, 1.165) is 17.7 Å². The number of carbonyl (C=O) groups is 1. The fourth-order valence-corrected chi connectivity index (χ4v) is 1.16. The number of benzene rings is 1. The molecule has 3 nitrogen and oxygen atoms in total. The highest BCUT2D eigenvalue weighted by atomic mass is 16.6. The smallest absolute Gasteiger partial charge is 0.330 e. The molecule has 0 radical (unpaired) electrons. The second-order valence-electron chi connectivity index (χ2n) is 3.67. The Kier molecular flexibility index (Phi) is 5.86. The third-order valence-electron chi connectivity index (χ3n) is 2.26. The van der Waals surface area contributed by atoms with E-state index in [1.807, 2.05) is 44.2 Å². The maximum absolute atomic E-state index is 11.3. The number of allylic oxidation sites excluding steroid dienone is 1. The molecule has 0 heterocycles. The van der Waals surface area contributed by atoms with Gasteiger partial charge in [0, 0.05) is 6.08 Å². The van der Waals surface area contributed by atoms with Gasteiger partial charge in [0.1, 0.15) is 19.0 Å². The predicted molar refractivity (Wildman–Crippen MR) is 66.9 cm³/mol. The summed E-state index contributed by atoms with van der Waals surface area (Å²) in [5, 5.41) is 0. The van der Waals surface area contributed by atoms with Gasteiger partial charge >= 0.3 is 5.97 Å². The Morgan fingerprint density at radius 1 is 1.24 bits per heavy atom. The van der Waals surface area contributed by atoms with Crippen LogP contribution in [-0.4, -0.2) is 19.2 Å². The van der Waals surface area contributed by atoms with E-state index in [9.17, 15) is 4.79 Å². The van der Waals surface area contributed by atoms with Gasteiger partial charge < -0.3 is 9.47 Å². The largest absolute Gasteiger partial charge is 0.490 e. The Morgan fingerprint density at radius 2 is 1.94 bits per heavy atom. The molecule has 1 rings (SSSR count). The van der Waals surface area contributed by atoms with Gasteiger partial charge in [-0.05, 0) is 25.5 Å². The Hall–Kier alpha value is -1.77. The van der Waals surface area contributed by atoms with E-state index in [1.54, 1.807) is 0 Å². The van der Waals surface area contributed by atoms with Crippen LogP contribution in [0.1, 0.15) is 20.3 Å². The lowest BCUT2D eigenvalue weighted by Crippen LogP contribution is -2.10. The number of rotatable bonds is 6. The standard InChI is InChI=1S/C14H18O3/c1-3-12(2)11-14(15)17-10-9-16-13-7-5-4-6-8-13/h4-8,11H,3,9-10H2,1-2H3/b12-11+. The van der Waals surface area contributed by atoms with Crippen molar-refractivity contribution in [2.24, 2.45) is 0 Å². The summed E-state index contributed by atoms with van der Waals surface area (Å²) in [6.45, 7) is 4.54. The van der Waals surface area contributed by atoms with Gasteiger partial charge in [0.15, 0.2) is 0 Å². The van der Waals surface area contributed by atoms with Crippen LogP contribution >= 0.6 is 0 Å². The molecule has 92 valence electrons. The highest BCUT2D eigenvalue weighted by Crippen LogP contribution is 2.07. The molecule has 0 spiro atoms. The van der Waals surface area contributed by atoms with E-state index in [-0.39, 0.29) is 12.6 Å². The molecule has 0 aromatic heterocycles. The average Bonchev–Trinajstić information content (AvgIpc) is 2.36. The van der Waals surface area contributed by atoms with Crippen LogP contribution in [0.3, 0.4) is 0 Å². The van der Waals surface area contributed by atoms with Crippen LogP contribution in [0.25, 0.3) is 0 Å². The highest BCUT2D eigenvalue weighted by Gasteiger charge is 1.99. The van der Waals surface area contributed by atoms with Gasteiger partial charge in [0.25, 0.3) is 0 Å².